The second kappa shape index (κ2) is 4.53. The van der Waals surface area contributed by atoms with Gasteiger partial charge in [-0.25, -0.2) is 0 Å². The summed E-state index contributed by atoms with van der Waals surface area (Å²) in [4.78, 5) is 12.7. The van der Waals surface area contributed by atoms with Gasteiger partial charge in [0, 0.05) is 6.42 Å². The number of hydrogen-bond donors (Lipinski definition) is 0. The summed E-state index contributed by atoms with van der Waals surface area (Å²) in [6.45, 7) is 2.27. The second-order valence-electron chi connectivity index (χ2n) is 6.09. The van der Waals surface area contributed by atoms with Crippen LogP contribution in [0, 0.1) is 0 Å². The first-order valence-electron chi connectivity index (χ1n) is 7.37. The number of hydrogen-bond acceptors (Lipinski definition) is 1. The highest BCUT2D eigenvalue weighted by atomic mass is 16.1. The minimum atomic E-state index is -0.125. The maximum atomic E-state index is 12.7. The van der Waals surface area contributed by atoms with Gasteiger partial charge in [0.15, 0.2) is 0 Å². The average molecular weight is 242 g/mol. The van der Waals surface area contributed by atoms with Crippen LogP contribution in [0.15, 0.2) is 24.3 Å². The summed E-state index contributed by atoms with van der Waals surface area (Å²) in [5, 5.41) is 0. The van der Waals surface area contributed by atoms with Crippen molar-refractivity contribution in [2.45, 2.75) is 63.2 Å². The van der Waals surface area contributed by atoms with Crippen molar-refractivity contribution in [1.29, 1.82) is 0 Å². The smallest absolute Gasteiger partial charge is 0.143 e. The number of fused-ring (bicyclic) bond motifs is 2. The van der Waals surface area contributed by atoms with Gasteiger partial charge in [-0.2, -0.15) is 0 Å². The molecule has 0 N–H and O–H groups in total. The normalized spacial score (nSPS) is 26.7. The highest BCUT2D eigenvalue weighted by molar-refractivity contribution is 5.91. The van der Waals surface area contributed by atoms with Gasteiger partial charge in [0.25, 0.3) is 0 Å². The van der Waals surface area contributed by atoms with Gasteiger partial charge in [-0.1, -0.05) is 50.5 Å². The molecule has 1 aromatic carbocycles. The molecule has 0 bridgehead atoms. The topological polar surface area (TPSA) is 17.1 Å². The predicted octanol–water partition coefficient (Wildman–Crippen LogP) is 4.35. The first-order chi connectivity index (χ1) is 8.74. The fraction of sp³-hybridized carbons (Fsp3) is 0.588. The van der Waals surface area contributed by atoms with Crippen LogP contribution in [-0.2, 0) is 10.2 Å². The zero-order valence-electron chi connectivity index (χ0n) is 11.2. The fourth-order valence-electron chi connectivity index (χ4n) is 3.96. The monoisotopic (exact) mass is 242 g/mol. The summed E-state index contributed by atoms with van der Waals surface area (Å²) in [6.07, 6.45) is 7.69. The van der Waals surface area contributed by atoms with Crippen molar-refractivity contribution >= 4 is 5.78 Å². The minimum absolute atomic E-state index is 0.125. The largest absolute Gasteiger partial charge is 0.299 e. The van der Waals surface area contributed by atoms with E-state index < -0.39 is 0 Å². The Morgan fingerprint density at radius 1 is 1.11 bits per heavy atom. The van der Waals surface area contributed by atoms with Gasteiger partial charge >= 0.3 is 0 Å². The molecule has 2 aliphatic rings. The standard InChI is InChI=1S/C17H22O/c1-13-9-10-16(18)17(11-5-2-6-12-17)15-8-4-3-7-14(13)15/h3-4,7-8,13H,2,5-6,9-12H2,1H3. The highest BCUT2D eigenvalue weighted by Crippen LogP contribution is 2.46. The van der Waals surface area contributed by atoms with Crippen molar-refractivity contribution in [3.63, 3.8) is 0 Å². The maximum Gasteiger partial charge on any atom is 0.143 e. The van der Waals surface area contributed by atoms with E-state index in [9.17, 15) is 4.79 Å². The van der Waals surface area contributed by atoms with E-state index in [0.29, 0.717) is 11.7 Å². The van der Waals surface area contributed by atoms with Crippen molar-refractivity contribution in [3.8, 4) is 0 Å². The van der Waals surface area contributed by atoms with Crippen LogP contribution in [0.25, 0.3) is 0 Å². The molecule has 1 nitrogen and oxygen atoms in total. The molecule has 0 aromatic heterocycles. The van der Waals surface area contributed by atoms with Crippen molar-refractivity contribution in [1.82, 2.24) is 0 Å². The van der Waals surface area contributed by atoms with E-state index in [4.69, 9.17) is 0 Å². The van der Waals surface area contributed by atoms with Gasteiger partial charge in [-0.3, -0.25) is 4.79 Å². The van der Waals surface area contributed by atoms with E-state index in [-0.39, 0.29) is 5.41 Å². The molecule has 0 radical (unpaired) electrons. The lowest BCUT2D eigenvalue weighted by atomic mass is 9.65. The summed E-state index contributed by atoms with van der Waals surface area (Å²) >= 11 is 0. The lowest BCUT2D eigenvalue weighted by Gasteiger charge is -2.36. The average Bonchev–Trinajstić information content (AvgIpc) is 2.53. The molecule has 1 saturated carbocycles. The summed E-state index contributed by atoms with van der Waals surface area (Å²) in [7, 11) is 0. The number of carbonyl (C=O) groups is 1. The van der Waals surface area contributed by atoms with Gasteiger partial charge in [0.1, 0.15) is 5.78 Å². The number of Topliss-reactive ketones (excluding diaryl/α,β-unsaturated/α-hetero) is 1. The Balaban J connectivity index is 2.15. The molecular weight excluding hydrogens is 220 g/mol. The molecule has 0 aliphatic heterocycles. The van der Waals surface area contributed by atoms with Gasteiger partial charge in [-0.15, -0.1) is 0 Å². The first kappa shape index (κ1) is 12.0. The van der Waals surface area contributed by atoms with Gasteiger partial charge in [0.05, 0.1) is 5.41 Å². The van der Waals surface area contributed by atoms with E-state index in [1.54, 1.807) is 0 Å². The van der Waals surface area contributed by atoms with Crippen molar-refractivity contribution in [2.75, 3.05) is 0 Å². The number of carbonyl (C=O) groups excluding carboxylic acids is 1. The molecule has 0 saturated heterocycles. The molecule has 0 amide bonds. The van der Waals surface area contributed by atoms with Crippen LogP contribution in [0.1, 0.15) is 68.9 Å². The molecule has 2 aliphatic carbocycles. The Kier molecular flexibility index (Phi) is 3.01. The Morgan fingerprint density at radius 3 is 2.61 bits per heavy atom. The molecule has 96 valence electrons. The predicted molar refractivity (Wildman–Crippen MR) is 73.9 cm³/mol. The SMILES string of the molecule is CC1CCC(=O)C2(CCCCC2)c2ccccc21. The van der Waals surface area contributed by atoms with Crippen LogP contribution >= 0.6 is 0 Å². The van der Waals surface area contributed by atoms with Crippen molar-refractivity contribution < 1.29 is 4.79 Å². The molecule has 1 heteroatoms. The zero-order valence-corrected chi connectivity index (χ0v) is 11.2. The summed E-state index contributed by atoms with van der Waals surface area (Å²) in [5.41, 5.74) is 2.67. The number of ketones is 1. The number of benzene rings is 1. The zero-order chi connectivity index (χ0) is 12.6. The van der Waals surface area contributed by atoms with E-state index >= 15 is 0 Å². The molecule has 1 fully saturated rings. The van der Waals surface area contributed by atoms with Gasteiger partial charge in [-0.05, 0) is 36.3 Å². The van der Waals surface area contributed by atoms with Crippen LogP contribution in [0.3, 0.4) is 0 Å². The third kappa shape index (κ3) is 1.72. The van der Waals surface area contributed by atoms with Crippen LogP contribution in [-0.4, -0.2) is 5.78 Å². The Labute approximate surface area is 110 Å². The van der Waals surface area contributed by atoms with Crippen molar-refractivity contribution in [2.24, 2.45) is 0 Å². The van der Waals surface area contributed by atoms with E-state index in [1.165, 1.54) is 30.4 Å². The second-order valence-corrected chi connectivity index (χ2v) is 6.09. The molecule has 1 spiro atoms. The molecule has 0 heterocycles. The molecule has 1 aromatic rings. The third-order valence-corrected chi connectivity index (χ3v) is 5.05. The van der Waals surface area contributed by atoms with Crippen molar-refractivity contribution in [3.05, 3.63) is 35.4 Å². The maximum absolute atomic E-state index is 12.7. The fourth-order valence-corrected chi connectivity index (χ4v) is 3.96. The molecule has 18 heavy (non-hydrogen) atoms. The molecule has 1 atom stereocenters. The summed E-state index contributed by atoms with van der Waals surface area (Å²) < 4.78 is 0. The molecular formula is C17H22O. The van der Waals surface area contributed by atoms with E-state index in [2.05, 4.69) is 31.2 Å². The highest BCUT2D eigenvalue weighted by Gasteiger charge is 2.43. The van der Waals surface area contributed by atoms with E-state index in [1.807, 2.05) is 0 Å². The van der Waals surface area contributed by atoms with Crippen LogP contribution in [0.5, 0.6) is 0 Å². The quantitative estimate of drug-likeness (QED) is 0.661. The van der Waals surface area contributed by atoms with E-state index in [0.717, 1.165) is 25.7 Å². The summed E-state index contributed by atoms with van der Waals surface area (Å²) in [6, 6.07) is 8.71. The third-order valence-electron chi connectivity index (χ3n) is 5.05. The minimum Gasteiger partial charge on any atom is -0.299 e. The van der Waals surface area contributed by atoms with Crippen LogP contribution in [0.4, 0.5) is 0 Å². The lowest BCUT2D eigenvalue weighted by Crippen LogP contribution is -2.37. The molecule has 1 unspecified atom stereocenters. The summed E-state index contributed by atoms with van der Waals surface area (Å²) in [5.74, 6) is 1.05. The Morgan fingerprint density at radius 2 is 1.83 bits per heavy atom. The van der Waals surface area contributed by atoms with Crippen LogP contribution < -0.4 is 0 Å². The lowest BCUT2D eigenvalue weighted by molar-refractivity contribution is -0.125. The van der Waals surface area contributed by atoms with Gasteiger partial charge < -0.3 is 0 Å². The Bertz CT molecular complexity index is 454. The van der Waals surface area contributed by atoms with Crippen LogP contribution in [0.2, 0.25) is 0 Å². The van der Waals surface area contributed by atoms with Gasteiger partial charge in [0.2, 0.25) is 0 Å². The first-order valence-corrected chi connectivity index (χ1v) is 7.37. The molecule has 3 rings (SSSR count). The number of rotatable bonds is 0. The Hall–Kier alpha value is -1.11.